The number of pyridine rings is 1. The molecule has 0 aromatic carbocycles. The summed E-state index contributed by atoms with van der Waals surface area (Å²) >= 11 is 6.47. The van der Waals surface area contributed by atoms with Crippen LogP contribution in [0, 0.1) is 11.3 Å². The SMILES string of the molecule is CCc1nc(C(=O)NCC2CCC(S(N)(=O)=O)CC2)c(Cl)n1-c1ncc(CC(C)(C)C(F)(F)F)cc1OC(F)F. The summed E-state index contributed by atoms with van der Waals surface area (Å²) in [6.45, 7) is 0.545. The van der Waals surface area contributed by atoms with Crippen molar-refractivity contribution in [2.24, 2.45) is 16.5 Å². The zero-order valence-electron chi connectivity index (χ0n) is 22.1. The number of alkyl halides is 5. The van der Waals surface area contributed by atoms with Gasteiger partial charge >= 0.3 is 12.8 Å². The van der Waals surface area contributed by atoms with Crippen LogP contribution >= 0.6 is 11.6 Å². The molecule has 0 unspecified atom stereocenters. The number of nitrogens with zero attached hydrogens (tertiary/aromatic N) is 3. The lowest BCUT2D eigenvalue weighted by molar-refractivity contribution is -0.211. The maximum Gasteiger partial charge on any atom is 0.394 e. The number of amides is 1. The van der Waals surface area contributed by atoms with Gasteiger partial charge in [0.15, 0.2) is 17.3 Å². The number of imidazole rings is 1. The summed E-state index contributed by atoms with van der Waals surface area (Å²) in [7, 11) is -3.62. The lowest BCUT2D eigenvalue weighted by Crippen LogP contribution is -2.36. The van der Waals surface area contributed by atoms with E-state index in [0.29, 0.717) is 25.7 Å². The second-order valence-electron chi connectivity index (χ2n) is 10.4. The molecule has 0 spiro atoms. The molecule has 40 heavy (non-hydrogen) atoms. The first-order valence-electron chi connectivity index (χ1n) is 12.5. The smallest absolute Gasteiger partial charge is 0.394 e. The maximum atomic E-state index is 13.4. The Morgan fingerprint density at radius 3 is 2.40 bits per heavy atom. The highest BCUT2D eigenvalue weighted by Crippen LogP contribution is 2.41. The molecule has 0 saturated heterocycles. The van der Waals surface area contributed by atoms with Crippen molar-refractivity contribution in [3.63, 3.8) is 0 Å². The van der Waals surface area contributed by atoms with Gasteiger partial charge in [0, 0.05) is 19.2 Å². The number of halogens is 6. The van der Waals surface area contributed by atoms with Crippen molar-refractivity contribution in [2.75, 3.05) is 6.54 Å². The van der Waals surface area contributed by atoms with E-state index < -0.39 is 51.6 Å². The second-order valence-corrected chi connectivity index (χ2v) is 12.6. The monoisotopic (exact) mass is 615 g/mol. The number of rotatable bonds is 10. The number of primary sulfonamides is 1. The average Bonchev–Trinajstić information content (AvgIpc) is 3.17. The van der Waals surface area contributed by atoms with Gasteiger partial charge in [-0.1, -0.05) is 32.4 Å². The molecule has 9 nitrogen and oxygen atoms in total. The highest BCUT2D eigenvalue weighted by Gasteiger charge is 2.47. The van der Waals surface area contributed by atoms with Gasteiger partial charge in [-0.05, 0) is 49.7 Å². The quantitative estimate of drug-likeness (QED) is 0.370. The number of carbonyl (C=O) groups excluding carboxylic acids is 1. The van der Waals surface area contributed by atoms with Gasteiger partial charge in [0.1, 0.15) is 11.0 Å². The van der Waals surface area contributed by atoms with Crippen LogP contribution in [0.4, 0.5) is 22.0 Å². The number of hydrogen-bond donors (Lipinski definition) is 2. The summed E-state index contributed by atoms with van der Waals surface area (Å²) in [6, 6.07) is 1.04. The van der Waals surface area contributed by atoms with Crippen LogP contribution in [0.2, 0.25) is 5.15 Å². The molecule has 3 rings (SSSR count). The second kappa shape index (κ2) is 12.1. The molecular formula is C24H31ClF5N5O4S. The van der Waals surface area contributed by atoms with Gasteiger partial charge in [-0.25, -0.2) is 23.5 Å². The molecule has 1 amide bonds. The van der Waals surface area contributed by atoms with Crippen molar-refractivity contribution >= 4 is 27.5 Å². The first-order valence-corrected chi connectivity index (χ1v) is 14.5. The summed E-state index contributed by atoms with van der Waals surface area (Å²) in [4.78, 5) is 21.3. The molecule has 1 saturated carbocycles. The number of aromatic nitrogens is 3. The van der Waals surface area contributed by atoms with Crippen LogP contribution in [0.5, 0.6) is 5.75 Å². The van der Waals surface area contributed by atoms with Crippen LogP contribution in [0.15, 0.2) is 12.3 Å². The molecule has 3 N–H and O–H groups in total. The van der Waals surface area contributed by atoms with Crippen LogP contribution in [-0.2, 0) is 22.9 Å². The summed E-state index contributed by atoms with van der Waals surface area (Å²) in [5.41, 5.74) is -2.36. The Hall–Kier alpha value is -2.52. The predicted molar refractivity (Wildman–Crippen MR) is 137 cm³/mol. The van der Waals surface area contributed by atoms with Gasteiger partial charge in [-0.2, -0.15) is 22.0 Å². The van der Waals surface area contributed by atoms with E-state index in [2.05, 4.69) is 20.0 Å². The third-order valence-electron chi connectivity index (χ3n) is 6.96. The van der Waals surface area contributed by atoms with Gasteiger partial charge in [-0.3, -0.25) is 9.36 Å². The molecule has 224 valence electrons. The molecule has 1 aliphatic carbocycles. The van der Waals surface area contributed by atoms with Gasteiger partial charge in [0.05, 0.1) is 10.7 Å². The molecule has 1 aliphatic rings. The number of nitrogens with two attached hydrogens (primary N) is 1. The lowest BCUT2D eigenvalue weighted by Gasteiger charge is -2.28. The van der Waals surface area contributed by atoms with Crippen molar-refractivity contribution in [2.45, 2.75) is 77.3 Å². The Labute approximate surface area is 233 Å². The number of sulfonamides is 1. The molecule has 2 aromatic heterocycles. The van der Waals surface area contributed by atoms with Crippen LogP contribution < -0.4 is 15.2 Å². The fourth-order valence-electron chi connectivity index (χ4n) is 4.56. The molecular weight excluding hydrogens is 585 g/mol. The average molecular weight is 616 g/mol. The highest BCUT2D eigenvalue weighted by atomic mass is 35.5. The van der Waals surface area contributed by atoms with E-state index in [9.17, 15) is 35.2 Å². The van der Waals surface area contributed by atoms with Gasteiger partial charge in [0.25, 0.3) is 5.91 Å². The van der Waals surface area contributed by atoms with Crippen molar-refractivity contribution in [1.29, 1.82) is 0 Å². The Morgan fingerprint density at radius 1 is 1.25 bits per heavy atom. The van der Waals surface area contributed by atoms with E-state index in [-0.39, 0.29) is 46.9 Å². The fraction of sp³-hybridized carbons (Fsp3) is 0.625. The van der Waals surface area contributed by atoms with E-state index in [1.807, 2.05) is 0 Å². The zero-order chi connectivity index (χ0) is 30.0. The first-order chi connectivity index (χ1) is 18.4. The highest BCUT2D eigenvalue weighted by molar-refractivity contribution is 7.89. The molecule has 1 fully saturated rings. The van der Waals surface area contributed by atoms with Crippen molar-refractivity contribution < 1.29 is 39.9 Å². The molecule has 0 aliphatic heterocycles. The number of nitrogens with one attached hydrogen (secondary N) is 1. The first kappa shape index (κ1) is 32.0. The summed E-state index contributed by atoms with van der Waals surface area (Å²) < 4.78 is 95.5. The lowest BCUT2D eigenvalue weighted by atomic mass is 9.85. The van der Waals surface area contributed by atoms with E-state index in [1.54, 1.807) is 6.92 Å². The minimum absolute atomic E-state index is 0.00568. The Kier molecular flexibility index (Phi) is 9.72. The zero-order valence-corrected chi connectivity index (χ0v) is 23.6. The largest absolute Gasteiger partial charge is 0.431 e. The summed E-state index contributed by atoms with van der Waals surface area (Å²) in [5, 5.41) is 7.07. The summed E-state index contributed by atoms with van der Waals surface area (Å²) in [5.74, 6) is -1.25. The third-order valence-corrected chi connectivity index (χ3v) is 8.71. The van der Waals surface area contributed by atoms with Crippen molar-refractivity contribution in [1.82, 2.24) is 19.9 Å². The minimum Gasteiger partial charge on any atom is -0.431 e. The van der Waals surface area contributed by atoms with E-state index in [1.165, 1.54) is 0 Å². The van der Waals surface area contributed by atoms with Crippen molar-refractivity contribution in [3.05, 3.63) is 34.5 Å². The van der Waals surface area contributed by atoms with E-state index >= 15 is 0 Å². The fourth-order valence-corrected chi connectivity index (χ4v) is 5.80. The normalized spacial score (nSPS) is 18.7. The van der Waals surface area contributed by atoms with Crippen LogP contribution in [0.1, 0.15) is 68.3 Å². The van der Waals surface area contributed by atoms with Gasteiger partial charge in [0.2, 0.25) is 10.0 Å². The number of aryl methyl sites for hydroxylation is 1. The third kappa shape index (κ3) is 7.40. The number of ether oxygens (including phenoxy) is 1. The summed E-state index contributed by atoms with van der Waals surface area (Å²) in [6.07, 6.45) is -1.96. The number of hydrogen-bond acceptors (Lipinski definition) is 6. The van der Waals surface area contributed by atoms with Crippen LogP contribution in [0.3, 0.4) is 0 Å². The Morgan fingerprint density at radius 2 is 1.88 bits per heavy atom. The molecule has 0 bridgehead atoms. The molecule has 16 heteroatoms. The van der Waals surface area contributed by atoms with Gasteiger partial charge < -0.3 is 10.1 Å². The van der Waals surface area contributed by atoms with E-state index in [4.69, 9.17) is 16.7 Å². The Balaban J connectivity index is 1.86. The van der Waals surface area contributed by atoms with Crippen LogP contribution in [-0.4, -0.2) is 53.4 Å². The molecule has 2 aromatic rings. The molecule has 0 atom stereocenters. The van der Waals surface area contributed by atoms with Crippen molar-refractivity contribution in [3.8, 4) is 11.6 Å². The topological polar surface area (TPSA) is 129 Å². The Bertz CT molecular complexity index is 1330. The van der Waals surface area contributed by atoms with Crippen LogP contribution in [0.25, 0.3) is 5.82 Å². The van der Waals surface area contributed by atoms with E-state index in [0.717, 1.165) is 30.7 Å². The maximum absolute atomic E-state index is 13.4. The predicted octanol–water partition coefficient (Wildman–Crippen LogP) is 4.79. The molecule has 0 radical (unpaired) electrons. The minimum atomic E-state index is -4.55. The molecule has 2 heterocycles. The standard InChI is InChI=1S/C24H31ClF5N5O4S/c1-4-17-34-18(21(36)33-11-13-5-7-15(8-6-13)40(31,37)38)19(25)35(17)20-16(39-22(26)27)9-14(12-32-20)10-23(2,3)24(28,29)30/h9,12-13,15,22H,4-8,10-11H2,1-3H3,(H,33,36)(H2,31,37,38). The number of carbonyl (C=O) groups is 1. The van der Waals surface area contributed by atoms with Gasteiger partial charge in [-0.15, -0.1) is 0 Å².